The molecule has 0 spiro atoms. The van der Waals surface area contributed by atoms with Crippen molar-refractivity contribution < 1.29 is 19.8 Å². The third-order valence-electron chi connectivity index (χ3n) is 1.36. The normalized spacial score (nSPS) is 9.75. The highest BCUT2D eigenvalue weighted by Gasteiger charge is 2.20. The smallest absolute Gasteiger partial charge is 0.358 e. The topological polar surface area (TPSA) is 92.4 Å². The first kappa shape index (κ1) is 8.25. The largest absolute Gasteiger partial charge is 0.504 e. The zero-order valence-corrected chi connectivity index (χ0v) is 6.18. The summed E-state index contributed by atoms with van der Waals surface area (Å²) in [7, 11) is 1.33. The SMILES string of the molecule is Cn1nc(C=O)c(O)c1C(=O)O. The van der Waals surface area contributed by atoms with Gasteiger partial charge in [0.25, 0.3) is 0 Å². The standard InChI is InChI=1S/C6H6N2O4/c1-8-4(6(11)12)5(10)3(2-9)7-8/h2,10H,1H3,(H,11,12). The van der Waals surface area contributed by atoms with Crippen molar-refractivity contribution in [1.29, 1.82) is 0 Å². The Hall–Kier alpha value is -1.85. The second-order valence-corrected chi connectivity index (χ2v) is 2.13. The summed E-state index contributed by atoms with van der Waals surface area (Å²) in [6, 6.07) is 0. The van der Waals surface area contributed by atoms with E-state index in [0.29, 0.717) is 6.29 Å². The molecule has 0 bridgehead atoms. The molecule has 0 aromatic carbocycles. The minimum Gasteiger partial charge on any atom is -0.504 e. The van der Waals surface area contributed by atoms with Crippen molar-refractivity contribution in [3.63, 3.8) is 0 Å². The molecule has 0 fully saturated rings. The van der Waals surface area contributed by atoms with Gasteiger partial charge in [0.05, 0.1) is 0 Å². The van der Waals surface area contributed by atoms with Crippen molar-refractivity contribution >= 4 is 12.3 Å². The van der Waals surface area contributed by atoms with E-state index in [-0.39, 0.29) is 5.69 Å². The lowest BCUT2D eigenvalue weighted by Crippen LogP contribution is -2.05. The Morgan fingerprint density at radius 1 is 1.67 bits per heavy atom. The number of carboxylic acid groups (broad SMARTS) is 1. The summed E-state index contributed by atoms with van der Waals surface area (Å²) in [5.41, 5.74) is -0.660. The molecule has 1 rings (SSSR count). The number of carbonyl (C=O) groups excluding carboxylic acids is 1. The Balaban J connectivity index is 3.37. The molecule has 0 saturated heterocycles. The zero-order valence-electron chi connectivity index (χ0n) is 6.18. The molecule has 64 valence electrons. The van der Waals surface area contributed by atoms with Crippen molar-refractivity contribution in [2.75, 3.05) is 0 Å². The van der Waals surface area contributed by atoms with Crippen molar-refractivity contribution in [3.8, 4) is 5.75 Å². The highest BCUT2D eigenvalue weighted by atomic mass is 16.4. The van der Waals surface area contributed by atoms with Crippen LogP contribution in [-0.2, 0) is 7.05 Å². The molecule has 0 saturated carbocycles. The highest BCUT2D eigenvalue weighted by molar-refractivity contribution is 5.92. The van der Waals surface area contributed by atoms with E-state index in [4.69, 9.17) is 10.2 Å². The van der Waals surface area contributed by atoms with E-state index in [2.05, 4.69) is 5.10 Å². The first-order valence-electron chi connectivity index (χ1n) is 3.02. The first-order valence-corrected chi connectivity index (χ1v) is 3.02. The van der Waals surface area contributed by atoms with E-state index in [1.54, 1.807) is 0 Å². The maximum Gasteiger partial charge on any atom is 0.358 e. The Morgan fingerprint density at radius 3 is 2.50 bits per heavy atom. The van der Waals surface area contributed by atoms with Gasteiger partial charge in [-0.2, -0.15) is 5.10 Å². The summed E-state index contributed by atoms with van der Waals surface area (Å²) in [6.07, 6.45) is 0.293. The van der Waals surface area contributed by atoms with Crippen molar-refractivity contribution in [2.45, 2.75) is 0 Å². The van der Waals surface area contributed by atoms with Crippen LogP contribution in [0.25, 0.3) is 0 Å². The molecule has 0 radical (unpaired) electrons. The molecule has 12 heavy (non-hydrogen) atoms. The number of aryl methyl sites for hydroxylation is 1. The molecular formula is C6H6N2O4. The Labute approximate surface area is 67.0 Å². The number of hydrogen-bond donors (Lipinski definition) is 2. The number of nitrogens with zero attached hydrogens (tertiary/aromatic N) is 2. The fourth-order valence-corrected chi connectivity index (χ4v) is 0.853. The van der Waals surface area contributed by atoms with Crippen LogP contribution < -0.4 is 0 Å². The summed E-state index contributed by atoms with van der Waals surface area (Å²) >= 11 is 0. The summed E-state index contributed by atoms with van der Waals surface area (Å²) in [4.78, 5) is 20.6. The molecule has 2 N–H and O–H groups in total. The van der Waals surface area contributed by atoms with Gasteiger partial charge in [-0.25, -0.2) is 4.79 Å². The van der Waals surface area contributed by atoms with Crippen LogP contribution in [0.5, 0.6) is 5.75 Å². The maximum atomic E-state index is 10.4. The fraction of sp³-hybridized carbons (Fsp3) is 0.167. The molecule has 6 heteroatoms. The van der Waals surface area contributed by atoms with Crippen molar-refractivity contribution in [2.24, 2.45) is 7.05 Å². The second kappa shape index (κ2) is 2.65. The monoisotopic (exact) mass is 170 g/mol. The van der Waals surface area contributed by atoms with Crippen LogP contribution in [0.3, 0.4) is 0 Å². The zero-order chi connectivity index (χ0) is 9.30. The molecule has 0 aliphatic rings. The molecular weight excluding hydrogens is 164 g/mol. The molecule has 1 aromatic rings. The minimum atomic E-state index is -1.32. The lowest BCUT2D eigenvalue weighted by Gasteiger charge is -1.92. The molecule has 0 aliphatic heterocycles. The van der Waals surface area contributed by atoms with Crippen LogP contribution in [0.2, 0.25) is 0 Å². The predicted octanol–water partition coefficient (Wildman–Crippen LogP) is -0.364. The number of aromatic nitrogens is 2. The van der Waals surface area contributed by atoms with Gasteiger partial charge in [0.1, 0.15) is 0 Å². The minimum absolute atomic E-state index is 0.269. The summed E-state index contributed by atoms with van der Waals surface area (Å²) in [5.74, 6) is -1.92. The maximum absolute atomic E-state index is 10.4. The van der Waals surface area contributed by atoms with E-state index >= 15 is 0 Å². The molecule has 0 unspecified atom stereocenters. The average Bonchev–Trinajstić information content (AvgIpc) is 2.25. The number of carbonyl (C=O) groups is 2. The number of hydrogen-bond acceptors (Lipinski definition) is 4. The van der Waals surface area contributed by atoms with Gasteiger partial charge in [-0.05, 0) is 0 Å². The number of carboxylic acids is 1. The van der Waals surface area contributed by atoms with Crippen LogP contribution in [0, 0.1) is 0 Å². The van der Waals surface area contributed by atoms with Crippen LogP contribution in [0.1, 0.15) is 21.0 Å². The van der Waals surface area contributed by atoms with Crippen LogP contribution in [0.4, 0.5) is 0 Å². The molecule has 0 amide bonds. The van der Waals surface area contributed by atoms with Gasteiger partial charge in [0, 0.05) is 7.05 Å². The summed E-state index contributed by atoms with van der Waals surface area (Å²) in [6.45, 7) is 0. The first-order chi connectivity index (χ1) is 5.57. The number of aromatic hydroxyl groups is 1. The van der Waals surface area contributed by atoms with Crippen LogP contribution in [-0.4, -0.2) is 32.2 Å². The predicted molar refractivity (Wildman–Crippen MR) is 37.2 cm³/mol. The van der Waals surface area contributed by atoms with Crippen molar-refractivity contribution in [3.05, 3.63) is 11.4 Å². The number of aldehydes is 1. The quantitative estimate of drug-likeness (QED) is 0.591. The van der Waals surface area contributed by atoms with Crippen LogP contribution >= 0.6 is 0 Å². The summed E-state index contributed by atoms with van der Waals surface area (Å²) in [5, 5.41) is 21.1. The number of rotatable bonds is 2. The molecule has 6 nitrogen and oxygen atoms in total. The van der Waals surface area contributed by atoms with E-state index in [0.717, 1.165) is 4.68 Å². The van der Waals surface area contributed by atoms with E-state index in [9.17, 15) is 9.59 Å². The molecule has 1 aromatic heterocycles. The van der Waals surface area contributed by atoms with Gasteiger partial charge in [-0.1, -0.05) is 0 Å². The highest BCUT2D eigenvalue weighted by Crippen LogP contribution is 2.19. The molecule has 1 heterocycles. The third kappa shape index (κ3) is 1.03. The third-order valence-corrected chi connectivity index (χ3v) is 1.36. The molecule has 0 atom stereocenters. The van der Waals surface area contributed by atoms with E-state index < -0.39 is 17.4 Å². The van der Waals surface area contributed by atoms with Gasteiger partial charge in [0.2, 0.25) is 0 Å². The van der Waals surface area contributed by atoms with Crippen LogP contribution in [0.15, 0.2) is 0 Å². The van der Waals surface area contributed by atoms with E-state index in [1.165, 1.54) is 7.05 Å². The fourth-order valence-electron chi connectivity index (χ4n) is 0.853. The Morgan fingerprint density at radius 2 is 2.25 bits per heavy atom. The summed E-state index contributed by atoms with van der Waals surface area (Å²) < 4.78 is 0.932. The van der Waals surface area contributed by atoms with Gasteiger partial charge < -0.3 is 10.2 Å². The van der Waals surface area contributed by atoms with E-state index in [1.807, 2.05) is 0 Å². The van der Waals surface area contributed by atoms with Gasteiger partial charge in [0.15, 0.2) is 23.4 Å². The van der Waals surface area contributed by atoms with Gasteiger partial charge >= 0.3 is 5.97 Å². The van der Waals surface area contributed by atoms with Gasteiger partial charge in [-0.3, -0.25) is 9.48 Å². The molecule has 0 aliphatic carbocycles. The Bertz CT molecular complexity index is 342. The second-order valence-electron chi connectivity index (χ2n) is 2.13. The Kier molecular flexibility index (Phi) is 1.82. The lowest BCUT2D eigenvalue weighted by molar-refractivity contribution is 0.0681. The average molecular weight is 170 g/mol. The number of aromatic carboxylic acids is 1. The van der Waals surface area contributed by atoms with Gasteiger partial charge in [-0.15, -0.1) is 0 Å². The lowest BCUT2D eigenvalue weighted by atomic mass is 10.3. The van der Waals surface area contributed by atoms with Crippen molar-refractivity contribution in [1.82, 2.24) is 9.78 Å².